The van der Waals surface area contributed by atoms with Crippen LogP contribution in [0, 0.1) is 0 Å². The second-order valence-corrected chi connectivity index (χ2v) is 2.81. The third kappa shape index (κ3) is 2.63. The SMILES string of the molecule is O=C([O-])CC(=O)c1ccccc1C(=O)[O-]. The first-order chi connectivity index (χ1) is 7.02. The number of benzene rings is 1. The van der Waals surface area contributed by atoms with Gasteiger partial charge in [0.1, 0.15) is 0 Å². The Morgan fingerprint density at radius 3 is 2.00 bits per heavy atom. The van der Waals surface area contributed by atoms with E-state index in [9.17, 15) is 24.6 Å². The molecule has 1 aromatic carbocycles. The molecule has 0 aliphatic heterocycles. The first-order valence-electron chi connectivity index (χ1n) is 4.06. The van der Waals surface area contributed by atoms with Crippen LogP contribution >= 0.6 is 0 Å². The molecule has 0 radical (unpaired) electrons. The topological polar surface area (TPSA) is 97.3 Å². The number of ketones is 1. The van der Waals surface area contributed by atoms with Crippen molar-refractivity contribution >= 4 is 17.7 Å². The highest BCUT2D eigenvalue weighted by Crippen LogP contribution is 2.10. The van der Waals surface area contributed by atoms with Crippen LogP contribution in [0.2, 0.25) is 0 Å². The Kier molecular flexibility index (Phi) is 3.17. The van der Waals surface area contributed by atoms with Crippen LogP contribution in [-0.2, 0) is 4.79 Å². The highest BCUT2D eigenvalue weighted by atomic mass is 16.4. The van der Waals surface area contributed by atoms with E-state index >= 15 is 0 Å². The molecule has 5 heteroatoms. The van der Waals surface area contributed by atoms with Gasteiger partial charge in [0, 0.05) is 17.1 Å². The predicted molar refractivity (Wildman–Crippen MR) is 44.7 cm³/mol. The van der Waals surface area contributed by atoms with Crippen LogP contribution in [0.5, 0.6) is 0 Å². The molecule has 0 saturated heterocycles. The second-order valence-electron chi connectivity index (χ2n) is 2.81. The molecular formula is C10H6O5-2. The summed E-state index contributed by atoms with van der Waals surface area (Å²) in [6, 6.07) is 5.27. The summed E-state index contributed by atoms with van der Waals surface area (Å²) in [7, 11) is 0. The summed E-state index contributed by atoms with van der Waals surface area (Å²) < 4.78 is 0. The third-order valence-electron chi connectivity index (χ3n) is 1.75. The fraction of sp³-hybridized carbons (Fsp3) is 0.100. The van der Waals surface area contributed by atoms with E-state index in [1.165, 1.54) is 24.3 Å². The molecule has 0 amide bonds. The summed E-state index contributed by atoms with van der Waals surface area (Å²) >= 11 is 0. The van der Waals surface area contributed by atoms with Crippen LogP contribution in [0.25, 0.3) is 0 Å². The molecule has 0 bridgehead atoms. The molecule has 0 spiro atoms. The van der Waals surface area contributed by atoms with Gasteiger partial charge < -0.3 is 19.8 Å². The van der Waals surface area contributed by atoms with Gasteiger partial charge in [-0.1, -0.05) is 24.3 Å². The van der Waals surface area contributed by atoms with Crippen LogP contribution in [0.15, 0.2) is 24.3 Å². The van der Waals surface area contributed by atoms with Gasteiger partial charge >= 0.3 is 0 Å². The molecule has 0 aliphatic carbocycles. The summed E-state index contributed by atoms with van der Waals surface area (Å²) in [5.41, 5.74) is -0.495. The van der Waals surface area contributed by atoms with E-state index in [0.29, 0.717) is 0 Å². The Morgan fingerprint density at radius 1 is 1.00 bits per heavy atom. The number of Topliss-reactive ketones (excluding diaryl/α,β-unsaturated/α-hetero) is 1. The number of hydrogen-bond acceptors (Lipinski definition) is 5. The van der Waals surface area contributed by atoms with Crippen LogP contribution < -0.4 is 10.2 Å². The number of aliphatic carboxylic acids is 1. The van der Waals surface area contributed by atoms with E-state index < -0.39 is 24.1 Å². The zero-order valence-corrected chi connectivity index (χ0v) is 7.56. The largest absolute Gasteiger partial charge is 0.550 e. The van der Waals surface area contributed by atoms with Crippen molar-refractivity contribution in [2.75, 3.05) is 0 Å². The fourth-order valence-electron chi connectivity index (χ4n) is 1.13. The number of carbonyl (C=O) groups excluding carboxylic acids is 3. The second kappa shape index (κ2) is 4.36. The van der Waals surface area contributed by atoms with Crippen molar-refractivity contribution in [1.29, 1.82) is 0 Å². The molecule has 0 saturated carbocycles. The minimum atomic E-state index is -1.55. The van der Waals surface area contributed by atoms with Gasteiger partial charge in [0.15, 0.2) is 5.78 Å². The molecular weight excluding hydrogens is 200 g/mol. The first-order valence-corrected chi connectivity index (χ1v) is 4.06. The van der Waals surface area contributed by atoms with Crippen LogP contribution in [0.4, 0.5) is 0 Å². The fourth-order valence-corrected chi connectivity index (χ4v) is 1.13. The molecule has 1 rings (SSSR count). The monoisotopic (exact) mass is 206 g/mol. The van der Waals surface area contributed by atoms with E-state index in [1.807, 2.05) is 0 Å². The highest BCUT2D eigenvalue weighted by molar-refractivity contribution is 6.10. The molecule has 0 unspecified atom stereocenters. The van der Waals surface area contributed by atoms with E-state index in [2.05, 4.69) is 0 Å². The van der Waals surface area contributed by atoms with E-state index in [0.717, 1.165) is 0 Å². The first kappa shape index (κ1) is 10.9. The smallest absolute Gasteiger partial charge is 0.169 e. The van der Waals surface area contributed by atoms with Gasteiger partial charge in [0.2, 0.25) is 0 Å². The van der Waals surface area contributed by atoms with Crippen LogP contribution in [0.1, 0.15) is 27.1 Å². The van der Waals surface area contributed by atoms with Gasteiger partial charge in [-0.15, -0.1) is 0 Å². The molecule has 0 N–H and O–H groups in total. The summed E-state index contributed by atoms with van der Waals surface area (Å²) in [5.74, 6) is -3.87. The quantitative estimate of drug-likeness (QED) is 0.435. The zero-order chi connectivity index (χ0) is 11.4. The molecule has 0 atom stereocenters. The normalized spacial score (nSPS) is 9.60. The molecule has 5 nitrogen and oxygen atoms in total. The van der Waals surface area contributed by atoms with Gasteiger partial charge in [0.25, 0.3) is 0 Å². The zero-order valence-electron chi connectivity index (χ0n) is 7.56. The lowest BCUT2D eigenvalue weighted by atomic mass is 10.0. The molecule has 78 valence electrons. The van der Waals surface area contributed by atoms with E-state index in [4.69, 9.17) is 0 Å². The molecule has 15 heavy (non-hydrogen) atoms. The summed E-state index contributed by atoms with van der Waals surface area (Å²) in [6.45, 7) is 0. The van der Waals surface area contributed by atoms with Gasteiger partial charge in [-0.3, -0.25) is 4.79 Å². The van der Waals surface area contributed by atoms with Gasteiger partial charge in [0.05, 0.1) is 12.4 Å². The van der Waals surface area contributed by atoms with E-state index in [-0.39, 0.29) is 11.1 Å². The van der Waals surface area contributed by atoms with E-state index in [1.54, 1.807) is 0 Å². The minimum absolute atomic E-state index is 0.179. The highest BCUT2D eigenvalue weighted by Gasteiger charge is 2.11. The Morgan fingerprint density at radius 2 is 1.53 bits per heavy atom. The lowest BCUT2D eigenvalue weighted by Crippen LogP contribution is -2.28. The maximum Gasteiger partial charge on any atom is 0.169 e. The van der Waals surface area contributed by atoms with Crippen molar-refractivity contribution in [3.8, 4) is 0 Å². The summed E-state index contributed by atoms with van der Waals surface area (Å²) in [4.78, 5) is 32.0. The number of aromatic carboxylic acids is 1. The van der Waals surface area contributed by atoms with Gasteiger partial charge in [-0.2, -0.15) is 0 Å². The van der Waals surface area contributed by atoms with Crippen LogP contribution in [0.3, 0.4) is 0 Å². The number of carboxylic acid groups (broad SMARTS) is 2. The Bertz CT molecular complexity index is 422. The van der Waals surface area contributed by atoms with Crippen LogP contribution in [-0.4, -0.2) is 17.7 Å². The average Bonchev–Trinajstić information content (AvgIpc) is 2.16. The van der Waals surface area contributed by atoms with Gasteiger partial charge in [-0.25, -0.2) is 0 Å². The lowest BCUT2D eigenvalue weighted by Gasteiger charge is -2.09. The van der Waals surface area contributed by atoms with Crippen molar-refractivity contribution in [3.63, 3.8) is 0 Å². The number of hydrogen-bond donors (Lipinski definition) is 0. The number of rotatable bonds is 4. The third-order valence-corrected chi connectivity index (χ3v) is 1.75. The maximum absolute atomic E-state index is 11.3. The maximum atomic E-state index is 11.3. The summed E-state index contributed by atoms with van der Waals surface area (Å²) in [6.07, 6.45) is -0.843. The van der Waals surface area contributed by atoms with Crippen molar-refractivity contribution in [2.24, 2.45) is 0 Å². The Hall–Kier alpha value is -2.17. The molecule has 0 aromatic heterocycles. The summed E-state index contributed by atoms with van der Waals surface area (Å²) in [5, 5.41) is 20.8. The van der Waals surface area contributed by atoms with Gasteiger partial charge in [-0.05, 0) is 0 Å². The molecule has 1 aromatic rings. The minimum Gasteiger partial charge on any atom is -0.550 e. The standard InChI is InChI=1S/C10H8O5/c11-8(5-9(12)13)6-3-1-2-4-7(6)10(14)15/h1-4H,5H2,(H,12,13)(H,14,15)/p-2. The molecule has 0 aliphatic rings. The Balaban J connectivity index is 3.08. The van der Waals surface area contributed by atoms with Crippen molar-refractivity contribution in [1.82, 2.24) is 0 Å². The number of carboxylic acids is 2. The molecule has 0 fully saturated rings. The number of carbonyl (C=O) groups is 3. The Labute approximate surface area is 85.0 Å². The van der Waals surface area contributed by atoms with Crippen molar-refractivity contribution < 1.29 is 24.6 Å². The average molecular weight is 206 g/mol. The van der Waals surface area contributed by atoms with Crippen molar-refractivity contribution in [2.45, 2.75) is 6.42 Å². The molecule has 0 heterocycles. The lowest BCUT2D eigenvalue weighted by molar-refractivity contribution is -0.304. The van der Waals surface area contributed by atoms with Crippen molar-refractivity contribution in [3.05, 3.63) is 35.4 Å². The predicted octanol–water partition coefficient (Wildman–Crippen LogP) is -1.63.